The van der Waals surface area contributed by atoms with Gasteiger partial charge in [-0.25, -0.2) is 13.2 Å². The molecule has 10 heavy (non-hydrogen) atoms. The molecule has 0 aromatic heterocycles. The highest BCUT2D eigenvalue weighted by Crippen LogP contribution is 2.21. The maximum atomic E-state index is 12.1. The second kappa shape index (κ2) is 4.58. The smallest absolute Gasteiger partial charge is 0.244 e. The predicted octanol–water partition coefficient (Wildman–Crippen LogP) is 3.17. The molecular formula is C7H13F3. The van der Waals surface area contributed by atoms with Gasteiger partial charge in [0.05, 0.1) is 0 Å². The molecule has 0 amide bonds. The van der Waals surface area contributed by atoms with Crippen LogP contribution in [-0.2, 0) is 0 Å². The first-order chi connectivity index (χ1) is 4.62. The summed E-state index contributed by atoms with van der Waals surface area (Å²) in [7, 11) is 0. The van der Waals surface area contributed by atoms with E-state index in [4.69, 9.17) is 0 Å². The molecule has 0 bridgehead atoms. The van der Waals surface area contributed by atoms with Crippen molar-refractivity contribution >= 4 is 0 Å². The van der Waals surface area contributed by atoms with Crippen LogP contribution in [0.25, 0.3) is 0 Å². The Bertz CT molecular complexity index is 80.9. The van der Waals surface area contributed by atoms with Crippen LogP contribution in [0.5, 0.6) is 0 Å². The van der Waals surface area contributed by atoms with Crippen molar-refractivity contribution in [2.75, 3.05) is 6.67 Å². The molecule has 0 aromatic carbocycles. The Morgan fingerprint density at radius 2 is 1.80 bits per heavy atom. The molecule has 0 N–H and O–H groups in total. The van der Waals surface area contributed by atoms with E-state index in [1.54, 1.807) is 0 Å². The van der Waals surface area contributed by atoms with Gasteiger partial charge < -0.3 is 0 Å². The van der Waals surface area contributed by atoms with E-state index in [-0.39, 0.29) is 6.42 Å². The largest absolute Gasteiger partial charge is 0.275 e. The maximum Gasteiger partial charge on any atom is 0.275 e. The third-order valence-corrected chi connectivity index (χ3v) is 1.34. The molecule has 0 unspecified atom stereocenters. The van der Waals surface area contributed by atoms with E-state index in [9.17, 15) is 13.2 Å². The molecule has 0 spiro atoms. The monoisotopic (exact) mass is 154 g/mol. The lowest BCUT2D eigenvalue weighted by Crippen LogP contribution is -2.17. The van der Waals surface area contributed by atoms with E-state index in [1.807, 2.05) is 6.92 Å². The Kier molecular flexibility index (Phi) is 4.49. The molecule has 0 nitrogen and oxygen atoms in total. The molecule has 0 aliphatic heterocycles. The van der Waals surface area contributed by atoms with Crippen molar-refractivity contribution in [1.29, 1.82) is 0 Å². The van der Waals surface area contributed by atoms with Crippen molar-refractivity contribution < 1.29 is 13.2 Å². The van der Waals surface area contributed by atoms with Gasteiger partial charge in [0.2, 0.25) is 0 Å². The highest BCUT2D eigenvalue weighted by Gasteiger charge is 2.27. The number of halogens is 3. The number of rotatable bonds is 5. The van der Waals surface area contributed by atoms with Gasteiger partial charge in [0, 0.05) is 6.42 Å². The summed E-state index contributed by atoms with van der Waals surface area (Å²) in [6, 6.07) is 0. The average Bonchev–Trinajstić information content (AvgIpc) is 1.89. The first-order valence-electron chi connectivity index (χ1n) is 3.56. The fourth-order valence-corrected chi connectivity index (χ4v) is 0.700. The molecule has 0 aliphatic carbocycles. The second-order valence-corrected chi connectivity index (χ2v) is 2.45. The molecule has 0 atom stereocenters. The van der Waals surface area contributed by atoms with Gasteiger partial charge in [0.15, 0.2) is 6.67 Å². The molecule has 3 heteroatoms. The van der Waals surface area contributed by atoms with Crippen LogP contribution in [-0.4, -0.2) is 12.6 Å². The summed E-state index contributed by atoms with van der Waals surface area (Å²) in [6.07, 6.45) is 1.77. The third-order valence-electron chi connectivity index (χ3n) is 1.34. The quantitative estimate of drug-likeness (QED) is 0.533. The summed E-state index contributed by atoms with van der Waals surface area (Å²) in [5.41, 5.74) is 0. The fourth-order valence-electron chi connectivity index (χ4n) is 0.700. The molecule has 0 saturated heterocycles. The average molecular weight is 154 g/mol. The highest BCUT2D eigenvalue weighted by molar-refractivity contribution is 4.63. The van der Waals surface area contributed by atoms with Crippen molar-refractivity contribution in [3.8, 4) is 0 Å². The number of hydrogen-bond acceptors (Lipinski definition) is 0. The Morgan fingerprint density at radius 1 is 1.20 bits per heavy atom. The molecule has 0 radical (unpaired) electrons. The maximum absolute atomic E-state index is 12.1. The van der Waals surface area contributed by atoms with Crippen molar-refractivity contribution in [3.63, 3.8) is 0 Å². The highest BCUT2D eigenvalue weighted by atomic mass is 19.3. The number of unbranched alkanes of at least 4 members (excludes halogenated alkanes) is 2. The number of hydrogen-bond donors (Lipinski definition) is 0. The van der Waals surface area contributed by atoms with Crippen LogP contribution in [0.2, 0.25) is 0 Å². The van der Waals surface area contributed by atoms with E-state index >= 15 is 0 Å². The van der Waals surface area contributed by atoms with Crippen molar-refractivity contribution in [3.05, 3.63) is 0 Å². The Labute approximate surface area is 59.4 Å². The lowest BCUT2D eigenvalue weighted by molar-refractivity contribution is -0.0319. The van der Waals surface area contributed by atoms with Crippen molar-refractivity contribution in [1.82, 2.24) is 0 Å². The zero-order valence-electron chi connectivity index (χ0n) is 6.17. The zero-order valence-corrected chi connectivity index (χ0v) is 6.17. The van der Waals surface area contributed by atoms with E-state index in [0.29, 0.717) is 6.42 Å². The fraction of sp³-hybridized carbons (Fsp3) is 1.00. The standard InChI is InChI=1S/C7H13F3/c1-2-3-4-5-7(9,10)6-8/h2-6H2,1H3. The van der Waals surface area contributed by atoms with E-state index in [2.05, 4.69) is 0 Å². The summed E-state index contributed by atoms with van der Waals surface area (Å²) < 4.78 is 35.7. The predicted molar refractivity (Wildman–Crippen MR) is 35.1 cm³/mol. The first kappa shape index (κ1) is 9.79. The van der Waals surface area contributed by atoms with Gasteiger partial charge in [-0.15, -0.1) is 0 Å². The van der Waals surface area contributed by atoms with Gasteiger partial charge in [-0.3, -0.25) is 0 Å². The molecule has 0 saturated carbocycles. The molecular weight excluding hydrogens is 141 g/mol. The van der Waals surface area contributed by atoms with Gasteiger partial charge in [0.1, 0.15) is 0 Å². The minimum atomic E-state index is -3.07. The summed E-state index contributed by atoms with van der Waals surface area (Å²) >= 11 is 0. The third kappa shape index (κ3) is 4.65. The van der Waals surface area contributed by atoms with Crippen molar-refractivity contribution in [2.45, 2.75) is 38.5 Å². The Morgan fingerprint density at radius 3 is 2.20 bits per heavy atom. The van der Waals surface area contributed by atoms with Gasteiger partial charge in [0.25, 0.3) is 5.92 Å². The summed E-state index contributed by atoms with van der Waals surface area (Å²) in [5.74, 6) is -3.07. The van der Waals surface area contributed by atoms with Crippen LogP contribution in [0.3, 0.4) is 0 Å². The van der Waals surface area contributed by atoms with Crippen molar-refractivity contribution in [2.24, 2.45) is 0 Å². The Hall–Kier alpha value is -0.210. The minimum Gasteiger partial charge on any atom is -0.244 e. The molecule has 0 aromatic rings. The lowest BCUT2D eigenvalue weighted by atomic mass is 10.1. The lowest BCUT2D eigenvalue weighted by Gasteiger charge is -2.10. The van der Waals surface area contributed by atoms with Crippen LogP contribution in [0.15, 0.2) is 0 Å². The van der Waals surface area contributed by atoms with E-state index in [1.165, 1.54) is 0 Å². The summed E-state index contributed by atoms with van der Waals surface area (Å²) in [4.78, 5) is 0. The SMILES string of the molecule is CCCCCC(F)(F)CF. The zero-order chi connectivity index (χ0) is 8.04. The van der Waals surface area contributed by atoms with Crippen LogP contribution < -0.4 is 0 Å². The van der Waals surface area contributed by atoms with E-state index in [0.717, 1.165) is 12.8 Å². The number of alkyl halides is 3. The molecule has 62 valence electrons. The Balaban J connectivity index is 3.28. The van der Waals surface area contributed by atoms with Crippen LogP contribution in [0.1, 0.15) is 32.6 Å². The normalized spacial score (nSPS) is 12.0. The van der Waals surface area contributed by atoms with Crippen LogP contribution >= 0.6 is 0 Å². The second-order valence-electron chi connectivity index (χ2n) is 2.45. The van der Waals surface area contributed by atoms with Crippen LogP contribution in [0.4, 0.5) is 13.2 Å². The van der Waals surface area contributed by atoms with Crippen LogP contribution in [0, 0.1) is 0 Å². The molecule has 0 aliphatic rings. The molecule has 0 fully saturated rings. The van der Waals surface area contributed by atoms with Gasteiger partial charge in [-0.2, -0.15) is 0 Å². The summed E-state index contributed by atoms with van der Waals surface area (Å²) in [5, 5.41) is 0. The van der Waals surface area contributed by atoms with Gasteiger partial charge >= 0.3 is 0 Å². The minimum absolute atomic E-state index is 0.308. The topological polar surface area (TPSA) is 0 Å². The molecule has 0 heterocycles. The van der Waals surface area contributed by atoms with Gasteiger partial charge in [-0.05, 0) is 6.42 Å². The van der Waals surface area contributed by atoms with Gasteiger partial charge in [-0.1, -0.05) is 19.8 Å². The molecule has 0 rings (SSSR count). The summed E-state index contributed by atoms with van der Waals surface area (Å²) in [6.45, 7) is 0.407. The first-order valence-corrected chi connectivity index (χ1v) is 3.56. The van der Waals surface area contributed by atoms with E-state index < -0.39 is 12.6 Å².